The number of likely N-dealkylation sites (N-methyl/N-ethyl adjacent to an activating group) is 1. The van der Waals surface area contributed by atoms with Gasteiger partial charge in [0, 0.05) is 43.7 Å². The summed E-state index contributed by atoms with van der Waals surface area (Å²) >= 11 is 0. The molecule has 1 saturated heterocycles. The summed E-state index contributed by atoms with van der Waals surface area (Å²) in [6, 6.07) is 12.0. The summed E-state index contributed by atoms with van der Waals surface area (Å²) in [5.41, 5.74) is 2.52. The highest BCUT2D eigenvalue weighted by Gasteiger charge is 2.48. The number of amides is 2. The molecule has 1 aliphatic carbocycles. The van der Waals surface area contributed by atoms with Gasteiger partial charge in [0.15, 0.2) is 5.76 Å². The topological polar surface area (TPSA) is 86.0 Å². The molecule has 1 unspecified atom stereocenters. The molecule has 0 radical (unpaired) electrons. The first kappa shape index (κ1) is 21.2. The van der Waals surface area contributed by atoms with Crippen molar-refractivity contribution < 1.29 is 19.1 Å². The maximum Gasteiger partial charge on any atom is 0.289 e. The normalized spacial score (nSPS) is 22.5. The summed E-state index contributed by atoms with van der Waals surface area (Å²) in [6.45, 7) is 2.20. The minimum absolute atomic E-state index is 0.0817. The van der Waals surface area contributed by atoms with Gasteiger partial charge in [-0.25, -0.2) is 0 Å². The lowest BCUT2D eigenvalue weighted by atomic mass is 9.60. The van der Waals surface area contributed by atoms with Crippen LogP contribution >= 0.6 is 0 Å². The molecule has 1 atom stereocenters. The number of furan rings is 1. The molecular weight excluding hydrogens is 406 g/mol. The SMILES string of the molecule is CN(CC1CC(=O)Nc2ccccc21)C1CC2(CCN(C(=O)c3ccc(CO)o3)CC2)C1. The van der Waals surface area contributed by atoms with E-state index in [4.69, 9.17) is 9.52 Å². The molecule has 1 aromatic carbocycles. The number of rotatable bonds is 5. The number of benzene rings is 1. The van der Waals surface area contributed by atoms with Crippen LogP contribution in [0.3, 0.4) is 0 Å². The number of likely N-dealkylation sites (tertiary alicyclic amines) is 1. The molecule has 1 saturated carbocycles. The average Bonchev–Trinajstić information content (AvgIpc) is 3.26. The minimum atomic E-state index is -0.192. The highest BCUT2D eigenvalue weighted by molar-refractivity contribution is 5.94. The van der Waals surface area contributed by atoms with Gasteiger partial charge < -0.3 is 24.6 Å². The van der Waals surface area contributed by atoms with Crippen molar-refractivity contribution >= 4 is 17.5 Å². The van der Waals surface area contributed by atoms with Crippen LogP contribution in [0.25, 0.3) is 0 Å². The Morgan fingerprint density at radius 3 is 2.69 bits per heavy atom. The number of aliphatic hydroxyl groups is 1. The van der Waals surface area contributed by atoms with Crippen molar-refractivity contribution in [2.75, 3.05) is 32.0 Å². The van der Waals surface area contributed by atoms with E-state index in [0.717, 1.165) is 51.0 Å². The Morgan fingerprint density at radius 1 is 1.22 bits per heavy atom. The van der Waals surface area contributed by atoms with E-state index in [-0.39, 0.29) is 24.3 Å². The van der Waals surface area contributed by atoms with Gasteiger partial charge in [0.1, 0.15) is 12.4 Å². The Bertz CT molecular complexity index is 1000. The molecule has 1 spiro atoms. The molecule has 7 nitrogen and oxygen atoms in total. The zero-order valence-electron chi connectivity index (χ0n) is 18.5. The first-order chi connectivity index (χ1) is 15.5. The lowest BCUT2D eigenvalue weighted by Gasteiger charge is -2.55. The maximum atomic E-state index is 12.7. The van der Waals surface area contributed by atoms with Crippen molar-refractivity contribution in [3.63, 3.8) is 0 Å². The van der Waals surface area contributed by atoms with Crippen molar-refractivity contribution in [3.8, 4) is 0 Å². The van der Waals surface area contributed by atoms with Gasteiger partial charge in [-0.1, -0.05) is 18.2 Å². The molecular formula is C25H31N3O4. The highest BCUT2D eigenvalue weighted by Crippen LogP contribution is 2.51. The number of hydrogen-bond acceptors (Lipinski definition) is 5. The standard InChI is InChI=1S/C25H31N3O4/c1-27(15-17-12-23(30)26-21-5-3-2-4-20(17)21)18-13-25(14-18)8-10-28(11-9-25)24(31)22-7-6-19(16-29)32-22/h2-7,17-18,29H,8-16H2,1H3,(H,26,30). The van der Waals surface area contributed by atoms with E-state index < -0.39 is 0 Å². The summed E-state index contributed by atoms with van der Waals surface area (Å²) in [4.78, 5) is 29.1. The summed E-state index contributed by atoms with van der Waals surface area (Å²) < 4.78 is 5.42. The van der Waals surface area contributed by atoms with Gasteiger partial charge in [-0.3, -0.25) is 9.59 Å². The molecule has 7 heteroatoms. The van der Waals surface area contributed by atoms with Crippen LogP contribution < -0.4 is 5.32 Å². The fourth-order valence-electron chi connectivity index (χ4n) is 5.74. The largest absolute Gasteiger partial charge is 0.453 e. The first-order valence-corrected chi connectivity index (χ1v) is 11.5. The van der Waals surface area contributed by atoms with Crippen molar-refractivity contribution in [1.29, 1.82) is 0 Å². The van der Waals surface area contributed by atoms with Gasteiger partial charge in [0.2, 0.25) is 5.91 Å². The molecule has 2 aromatic rings. The van der Waals surface area contributed by atoms with Crippen LogP contribution in [0.5, 0.6) is 0 Å². The Hall–Kier alpha value is -2.64. The molecule has 32 heavy (non-hydrogen) atoms. The van der Waals surface area contributed by atoms with Crippen LogP contribution in [0.4, 0.5) is 5.69 Å². The van der Waals surface area contributed by atoms with E-state index in [9.17, 15) is 9.59 Å². The third kappa shape index (κ3) is 3.95. The second kappa shape index (κ2) is 8.37. The van der Waals surface area contributed by atoms with E-state index in [1.165, 1.54) is 5.56 Å². The Labute approximate surface area is 188 Å². The van der Waals surface area contributed by atoms with E-state index >= 15 is 0 Å². The molecule has 5 rings (SSSR count). The number of nitrogens with zero attached hydrogens (tertiary/aromatic N) is 2. The molecule has 3 aliphatic rings. The predicted molar refractivity (Wildman–Crippen MR) is 120 cm³/mol. The molecule has 1 aromatic heterocycles. The molecule has 0 bridgehead atoms. The van der Waals surface area contributed by atoms with Crippen LogP contribution in [-0.2, 0) is 11.4 Å². The zero-order chi connectivity index (χ0) is 22.3. The molecule has 2 N–H and O–H groups in total. The number of anilines is 1. The lowest BCUT2D eigenvalue weighted by Crippen LogP contribution is -2.55. The molecule has 2 aliphatic heterocycles. The van der Waals surface area contributed by atoms with Crippen molar-refractivity contribution in [2.45, 2.75) is 50.7 Å². The third-order valence-electron chi connectivity index (χ3n) is 7.72. The molecule has 170 valence electrons. The van der Waals surface area contributed by atoms with Crippen molar-refractivity contribution in [1.82, 2.24) is 9.80 Å². The Morgan fingerprint density at radius 2 is 1.97 bits per heavy atom. The van der Waals surface area contributed by atoms with Crippen LogP contribution in [0.1, 0.15) is 59.9 Å². The lowest BCUT2D eigenvalue weighted by molar-refractivity contribution is -0.117. The molecule has 2 amide bonds. The maximum absolute atomic E-state index is 12.7. The van der Waals surface area contributed by atoms with Crippen LogP contribution in [0.15, 0.2) is 40.8 Å². The number of para-hydroxylation sites is 1. The van der Waals surface area contributed by atoms with E-state index in [2.05, 4.69) is 23.3 Å². The molecule has 3 heterocycles. The van der Waals surface area contributed by atoms with Gasteiger partial charge in [0.25, 0.3) is 5.91 Å². The number of piperidine rings is 1. The smallest absolute Gasteiger partial charge is 0.289 e. The summed E-state index contributed by atoms with van der Waals surface area (Å²) in [7, 11) is 2.18. The average molecular weight is 438 g/mol. The van der Waals surface area contributed by atoms with E-state index in [0.29, 0.717) is 29.4 Å². The Kier molecular flexibility index (Phi) is 5.55. The fraction of sp³-hybridized carbons (Fsp3) is 0.520. The summed E-state index contributed by atoms with van der Waals surface area (Å²) in [5.74, 6) is 0.990. The van der Waals surface area contributed by atoms with Gasteiger partial charge in [-0.2, -0.15) is 0 Å². The van der Waals surface area contributed by atoms with Crippen LogP contribution in [0, 0.1) is 5.41 Å². The number of fused-ring (bicyclic) bond motifs is 1. The summed E-state index contributed by atoms with van der Waals surface area (Å²) in [5, 5.41) is 12.1. The quantitative estimate of drug-likeness (QED) is 0.750. The second-order valence-electron chi connectivity index (χ2n) is 9.75. The highest BCUT2D eigenvalue weighted by atomic mass is 16.4. The van der Waals surface area contributed by atoms with Gasteiger partial charge in [-0.15, -0.1) is 0 Å². The second-order valence-corrected chi connectivity index (χ2v) is 9.75. The Balaban J connectivity index is 1.14. The number of carbonyl (C=O) groups is 2. The van der Waals surface area contributed by atoms with Crippen molar-refractivity contribution in [3.05, 3.63) is 53.5 Å². The van der Waals surface area contributed by atoms with Gasteiger partial charge in [-0.05, 0) is 61.9 Å². The van der Waals surface area contributed by atoms with E-state index in [1.807, 2.05) is 23.1 Å². The zero-order valence-corrected chi connectivity index (χ0v) is 18.5. The van der Waals surface area contributed by atoms with Crippen LogP contribution in [0.2, 0.25) is 0 Å². The number of carbonyl (C=O) groups excluding carboxylic acids is 2. The first-order valence-electron chi connectivity index (χ1n) is 11.5. The van der Waals surface area contributed by atoms with Gasteiger partial charge in [0.05, 0.1) is 0 Å². The summed E-state index contributed by atoms with van der Waals surface area (Å²) in [6.07, 6.45) is 4.89. The number of nitrogens with one attached hydrogen (secondary N) is 1. The van der Waals surface area contributed by atoms with E-state index in [1.54, 1.807) is 12.1 Å². The minimum Gasteiger partial charge on any atom is -0.453 e. The predicted octanol–water partition coefficient (Wildman–Crippen LogP) is 3.21. The van der Waals surface area contributed by atoms with Gasteiger partial charge >= 0.3 is 0 Å². The van der Waals surface area contributed by atoms with Crippen LogP contribution in [-0.4, -0.2) is 59.4 Å². The third-order valence-corrected chi connectivity index (χ3v) is 7.72. The van der Waals surface area contributed by atoms with Crippen molar-refractivity contribution in [2.24, 2.45) is 5.41 Å². The monoisotopic (exact) mass is 437 g/mol. The number of hydrogen-bond donors (Lipinski definition) is 2. The fourth-order valence-corrected chi connectivity index (χ4v) is 5.74. The number of aliphatic hydroxyl groups excluding tert-OH is 1. The molecule has 2 fully saturated rings.